The van der Waals surface area contributed by atoms with E-state index < -0.39 is 17.6 Å². The van der Waals surface area contributed by atoms with Gasteiger partial charge in [-0.05, 0) is 88.0 Å². The SMILES string of the molecule is CNC(=O)c1ccccc1Nc1cc(Nc2cc(C)c(N3CCN(C4CCN(Cc5cccc(C6CCC(=O)NC6=O)c5)CC4)CC3)cc2OC(C)C)ncc1C(F)(F)F. The molecule has 0 aliphatic carbocycles. The second kappa shape index (κ2) is 18.3. The summed E-state index contributed by atoms with van der Waals surface area (Å²) in [4.78, 5) is 48.2. The summed E-state index contributed by atoms with van der Waals surface area (Å²) in [6.45, 7) is 12.2. The van der Waals surface area contributed by atoms with Gasteiger partial charge in [-0.2, -0.15) is 13.2 Å². The van der Waals surface area contributed by atoms with Gasteiger partial charge in [-0.15, -0.1) is 0 Å². The highest BCUT2D eigenvalue weighted by Gasteiger charge is 2.35. The first kappa shape index (κ1) is 42.5. The lowest BCUT2D eigenvalue weighted by Crippen LogP contribution is -2.53. The molecule has 4 N–H and O–H groups in total. The van der Waals surface area contributed by atoms with Crippen LogP contribution in [0.25, 0.3) is 0 Å². The van der Waals surface area contributed by atoms with Crippen LogP contribution >= 0.6 is 0 Å². The number of piperazine rings is 1. The number of para-hydroxylation sites is 1. The molecule has 0 spiro atoms. The van der Waals surface area contributed by atoms with Crippen LogP contribution in [0.1, 0.15) is 78.1 Å². The van der Waals surface area contributed by atoms with Crippen molar-refractivity contribution in [2.24, 2.45) is 0 Å². The number of rotatable bonds is 12. The monoisotopic (exact) mass is 826 g/mol. The highest BCUT2D eigenvalue weighted by Crippen LogP contribution is 2.40. The highest BCUT2D eigenvalue weighted by atomic mass is 19.4. The van der Waals surface area contributed by atoms with Crippen LogP contribution in [-0.2, 0) is 22.3 Å². The molecule has 318 valence electrons. The number of aryl methyl sites for hydroxylation is 1. The number of aromatic nitrogens is 1. The Hall–Kier alpha value is -5.67. The molecule has 4 heterocycles. The van der Waals surface area contributed by atoms with Crippen molar-refractivity contribution in [2.75, 3.05) is 61.8 Å². The van der Waals surface area contributed by atoms with E-state index in [-0.39, 0.29) is 46.6 Å². The summed E-state index contributed by atoms with van der Waals surface area (Å²) in [5.74, 6) is -0.396. The van der Waals surface area contributed by atoms with Crippen molar-refractivity contribution in [3.63, 3.8) is 0 Å². The van der Waals surface area contributed by atoms with Crippen molar-refractivity contribution < 1.29 is 32.3 Å². The molecule has 3 amide bonds. The van der Waals surface area contributed by atoms with Crippen LogP contribution < -0.4 is 30.9 Å². The Balaban J connectivity index is 0.990. The third-order valence-corrected chi connectivity index (χ3v) is 11.5. The van der Waals surface area contributed by atoms with Gasteiger partial charge in [0.2, 0.25) is 11.8 Å². The van der Waals surface area contributed by atoms with Gasteiger partial charge in [0.15, 0.2) is 0 Å². The quantitative estimate of drug-likeness (QED) is 0.108. The fourth-order valence-electron chi connectivity index (χ4n) is 8.48. The summed E-state index contributed by atoms with van der Waals surface area (Å²) >= 11 is 0. The number of anilines is 5. The van der Waals surface area contributed by atoms with Crippen molar-refractivity contribution >= 4 is 46.3 Å². The maximum absolute atomic E-state index is 14.2. The van der Waals surface area contributed by atoms with Crippen LogP contribution in [0.5, 0.6) is 5.75 Å². The number of amides is 3. The van der Waals surface area contributed by atoms with Crippen molar-refractivity contribution in [3.8, 4) is 5.75 Å². The minimum absolute atomic E-state index is 0.169. The predicted octanol–water partition coefficient (Wildman–Crippen LogP) is 7.35. The number of pyridine rings is 1. The summed E-state index contributed by atoms with van der Waals surface area (Å²) in [5.41, 5.74) is 3.95. The smallest absolute Gasteiger partial charge is 0.419 e. The Kier molecular flexibility index (Phi) is 12.9. The van der Waals surface area contributed by atoms with E-state index in [0.717, 1.165) is 81.7 Å². The topological polar surface area (TPSA) is 131 Å². The Bertz CT molecular complexity index is 2200. The van der Waals surface area contributed by atoms with Crippen molar-refractivity contribution in [1.29, 1.82) is 0 Å². The fourth-order valence-corrected chi connectivity index (χ4v) is 8.48. The normalized spacial score (nSPS) is 18.3. The zero-order chi connectivity index (χ0) is 42.6. The van der Waals surface area contributed by atoms with E-state index in [9.17, 15) is 27.6 Å². The van der Waals surface area contributed by atoms with Gasteiger partial charge in [-0.1, -0.05) is 36.4 Å². The van der Waals surface area contributed by atoms with Crippen LogP contribution in [0.3, 0.4) is 0 Å². The van der Waals surface area contributed by atoms with Gasteiger partial charge in [0, 0.05) is 76.3 Å². The molecule has 4 aromatic rings. The molecule has 7 rings (SSSR count). The largest absolute Gasteiger partial charge is 0.489 e. The van der Waals surface area contributed by atoms with Gasteiger partial charge < -0.3 is 25.6 Å². The Morgan fingerprint density at radius 2 is 1.65 bits per heavy atom. The minimum Gasteiger partial charge on any atom is -0.489 e. The number of hydrogen-bond acceptors (Lipinski definition) is 10. The molecule has 3 fully saturated rings. The first-order valence-corrected chi connectivity index (χ1v) is 20.6. The summed E-state index contributed by atoms with van der Waals surface area (Å²) in [6.07, 6.45) is -1.01. The third-order valence-electron chi connectivity index (χ3n) is 11.5. The number of ether oxygens (including phenoxy) is 1. The number of hydrogen-bond donors (Lipinski definition) is 4. The molecule has 3 aromatic carbocycles. The average Bonchev–Trinajstić information content (AvgIpc) is 3.22. The number of piperidine rings is 2. The first-order chi connectivity index (χ1) is 28.7. The Labute approximate surface area is 348 Å². The van der Waals surface area contributed by atoms with Crippen LogP contribution in [0.2, 0.25) is 0 Å². The number of alkyl halides is 3. The zero-order valence-corrected chi connectivity index (χ0v) is 34.5. The zero-order valence-electron chi connectivity index (χ0n) is 34.5. The lowest BCUT2D eigenvalue weighted by molar-refractivity contribution is -0.137. The summed E-state index contributed by atoms with van der Waals surface area (Å²) in [5, 5.41) is 11.0. The number of benzene rings is 3. The van der Waals surface area contributed by atoms with Gasteiger partial charge >= 0.3 is 6.18 Å². The van der Waals surface area contributed by atoms with E-state index in [1.807, 2.05) is 45.0 Å². The van der Waals surface area contributed by atoms with Crippen LogP contribution in [-0.4, -0.2) is 91.0 Å². The average molecular weight is 827 g/mol. The van der Waals surface area contributed by atoms with Crippen molar-refractivity contribution in [2.45, 2.75) is 77.2 Å². The van der Waals surface area contributed by atoms with Gasteiger partial charge in [0.1, 0.15) is 11.6 Å². The third kappa shape index (κ3) is 10.0. The van der Waals surface area contributed by atoms with E-state index in [0.29, 0.717) is 30.3 Å². The highest BCUT2D eigenvalue weighted by molar-refractivity contribution is 6.01. The molecule has 1 atom stereocenters. The minimum atomic E-state index is -4.70. The van der Waals surface area contributed by atoms with Gasteiger partial charge in [-0.25, -0.2) is 4.98 Å². The molecule has 12 nitrogen and oxygen atoms in total. The number of imide groups is 1. The molecule has 3 aliphatic heterocycles. The van der Waals surface area contributed by atoms with Gasteiger partial charge in [0.25, 0.3) is 5.91 Å². The first-order valence-electron chi connectivity index (χ1n) is 20.6. The Morgan fingerprint density at radius 3 is 2.35 bits per heavy atom. The maximum Gasteiger partial charge on any atom is 0.419 e. The number of nitrogens with one attached hydrogen (secondary N) is 4. The van der Waals surface area contributed by atoms with Gasteiger partial charge in [0.05, 0.1) is 40.2 Å². The Morgan fingerprint density at radius 1 is 0.900 bits per heavy atom. The van der Waals surface area contributed by atoms with Crippen molar-refractivity contribution in [1.82, 2.24) is 25.4 Å². The van der Waals surface area contributed by atoms with E-state index in [2.05, 4.69) is 53.1 Å². The molecule has 0 radical (unpaired) electrons. The molecule has 15 heteroatoms. The number of carbonyl (C=O) groups excluding carboxylic acids is 3. The molecular weight excluding hydrogens is 774 g/mol. The fraction of sp³-hybridized carbons (Fsp3) is 0.422. The molecule has 1 unspecified atom stereocenters. The van der Waals surface area contributed by atoms with E-state index in [1.165, 1.54) is 24.7 Å². The van der Waals surface area contributed by atoms with Gasteiger partial charge in [-0.3, -0.25) is 29.5 Å². The van der Waals surface area contributed by atoms with E-state index >= 15 is 0 Å². The predicted molar refractivity (Wildman–Crippen MR) is 226 cm³/mol. The standard InChI is InChI=1S/C45H53F3N8O4/c1-28(2)60-40-25-39(29(3)22-38(40)52-41-24-37(35(26-50-41)45(46,47)48)51-36-11-6-5-10-34(36)43(58)49-4)56-20-18-55(19-21-56)32-14-16-54(17-15-32)27-30-8-7-9-31(23-30)33-12-13-42(57)53-44(33)59/h5-11,22-26,28,32-33H,12-21,27H2,1-4H3,(H,49,58)(H2,50,51,52)(H,53,57,59). The van der Waals surface area contributed by atoms with Crippen LogP contribution in [0.4, 0.5) is 41.7 Å². The maximum atomic E-state index is 14.2. The second-order valence-corrected chi connectivity index (χ2v) is 16.1. The number of halogens is 3. The molecule has 60 heavy (non-hydrogen) atoms. The molecule has 3 saturated heterocycles. The summed E-state index contributed by atoms with van der Waals surface area (Å²) in [7, 11) is 1.46. The number of carbonyl (C=O) groups is 3. The lowest BCUT2D eigenvalue weighted by atomic mass is 9.89. The molecular formula is C45H53F3N8O4. The molecule has 3 aliphatic rings. The molecule has 1 aromatic heterocycles. The second-order valence-electron chi connectivity index (χ2n) is 16.1. The summed E-state index contributed by atoms with van der Waals surface area (Å²) in [6, 6.07) is 20.3. The number of nitrogens with zero attached hydrogens (tertiary/aromatic N) is 4. The van der Waals surface area contributed by atoms with Crippen LogP contribution in [0, 0.1) is 6.92 Å². The lowest BCUT2D eigenvalue weighted by Gasteiger charge is -2.43. The van der Waals surface area contributed by atoms with Crippen LogP contribution in [0.15, 0.2) is 72.9 Å². The molecule has 0 saturated carbocycles. The summed E-state index contributed by atoms with van der Waals surface area (Å²) < 4.78 is 48.8. The van der Waals surface area contributed by atoms with E-state index in [4.69, 9.17) is 4.74 Å². The van der Waals surface area contributed by atoms with Crippen molar-refractivity contribution in [3.05, 3.63) is 101 Å². The number of likely N-dealkylation sites (tertiary alicyclic amines) is 1. The molecule has 0 bridgehead atoms. The van der Waals surface area contributed by atoms with E-state index in [1.54, 1.807) is 18.2 Å².